The van der Waals surface area contributed by atoms with Gasteiger partial charge in [0, 0.05) is 0 Å². The van der Waals surface area contributed by atoms with Gasteiger partial charge in [-0.25, -0.2) is 4.39 Å². The van der Waals surface area contributed by atoms with Gasteiger partial charge in [0.1, 0.15) is 6.67 Å². The summed E-state index contributed by atoms with van der Waals surface area (Å²) in [4.78, 5) is 0. The largest absolute Gasteiger partial charge is 0.246 e. The van der Waals surface area contributed by atoms with E-state index < -0.39 is 14.6 Å². The highest BCUT2D eigenvalue weighted by molar-refractivity contribution is 7.79. The second-order valence-corrected chi connectivity index (χ2v) is 6.95. The van der Waals surface area contributed by atoms with Crippen molar-refractivity contribution >= 4 is 23.8 Å². The Bertz CT molecular complexity index is 656. The van der Waals surface area contributed by atoms with Crippen molar-refractivity contribution in [3.63, 3.8) is 0 Å². The first-order valence-corrected chi connectivity index (χ1v) is 8.28. The number of alkyl halides is 1. The van der Waals surface area contributed by atoms with Crippen molar-refractivity contribution in [2.75, 3.05) is 0 Å². The molecule has 0 saturated carbocycles. The van der Waals surface area contributed by atoms with Gasteiger partial charge >= 0.3 is 0 Å². The molecule has 0 unspecified atom stereocenters. The van der Waals surface area contributed by atoms with Crippen molar-refractivity contribution in [2.24, 2.45) is 0 Å². The van der Waals surface area contributed by atoms with E-state index in [0.29, 0.717) is 0 Å². The minimum absolute atomic E-state index is 0.422. The molecule has 0 aliphatic rings. The highest BCUT2D eigenvalue weighted by Crippen LogP contribution is 2.34. The number of benzene rings is 3. The summed E-state index contributed by atoms with van der Waals surface area (Å²) in [5.74, 6) is 0. The van der Waals surface area contributed by atoms with Crippen molar-refractivity contribution in [1.82, 2.24) is 0 Å². The Morgan fingerprint density at radius 3 is 1.62 bits per heavy atom. The SMILES string of the molecule is FCc1ccccc1P(c1ccccc1)c1ccccc1. The highest BCUT2D eigenvalue weighted by atomic mass is 31.1. The zero-order valence-electron chi connectivity index (χ0n) is 11.6. The highest BCUT2D eigenvalue weighted by Gasteiger charge is 2.18. The predicted octanol–water partition coefficient (Wildman–Crippen LogP) is 3.91. The maximum atomic E-state index is 13.4. The van der Waals surface area contributed by atoms with Crippen LogP contribution in [0.2, 0.25) is 0 Å². The Hall–Kier alpha value is -1.98. The van der Waals surface area contributed by atoms with E-state index in [1.807, 2.05) is 54.6 Å². The third-order valence-corrected chi connectivity index (χ3v) is 5.95. The lowest BCUT2D eigenvalue weighted by Gasteiger charge is -2.21. The molecule has 2 heteroatoms. The van der Waals surface area contributed by atoms with E-state index in [1.165, 1.54) is 10.6 Å². The van der Waals surface area contributed by atoms with Crippen LogP contribution in [0.3, 0.4) is 0 Å². The average Bonchev–Trinajstić information content (AvgIpc) is 2.58. The molecule has 0 aliphatic heterocycles. The lowest BCUT2D eigenvalue weighted by molar-refractivity contribution is 0.487. The third-order valence-electron chi connectivity index (χ3n) is 3.41. The fourth-order valence-electron chi connectivity index (χ4n) is 2.42. The number of rotatable bonds is 4. The van der Waals surface area contributed by atoms with Crippen LogP contribution in [0.1, 0.15) is 5.56 Å². The molecular formula is C19H16FP. The molecule has 0 spiro atoms. The minimum atomic E-state index is -0.713. The van der Waals surface area contributed by atoms with Gasteiger partial charge in [-0.2, -0.15) is 0 Å². The molecule has 0 aliphatic carbocycles. The number of hydrogen-bond donors (Lipinski definition) is 0. The summed E-state index contributed by atoms with van der Waals surface area (Å²) in [6.07, 6.45) is 0. The van der Waals surface area contributed by atoms with Gasteiger partial charge in [-0.15, -0.1) is 0 Å². The number of halogens is 1. The Morgan fingerprint density at radius 1 is 0.619 bits per heavy atom. The van der Waals surface area contributed by atoms with Crippen LogP contribution >= 0.6 is 7.92 Å². The molecule has 0 bridgehead atoms. The summed E-state index contributed by atoms with van der Waals surface area (Å²) in [6, 6.07) is 28.6. The fourth-order valence-corrected chi connectivity index (χ4v) is 4.88. The topological polar surface area (TPSA) is 0 Å². The van der Waals surface area contributed by atoms with Gasteiger partial charge in [-0.05, 0) is 29.4 Å². The Kier molecular flexibility index (Phi) is 4.43. The van der Waals surface area contributed by atoms with Crippen molar-refractivity contribution in [3.05, 3.63) is 90.5 Å². The zero-order chi connectivity index (χ0) is 14.5. The van der Waals surface area contributed by atoms with Crippen molar-refractivity contribution in [3.8, 4) is 0 Å². The number of hydrogen-bond acceptors (Lipinski definition) is 0. The van der Waals surface area contributed by atoms with Gasteiger partial charge < -0.3 is 0 Å². The summed E-state index contributed by atoms with van der Waals surface area (Å²) in [5.41, 5.74) is 0.788. The van der Waals surface area contributed by atoms with Crippen LogP contribution < -0.4 is 15.9 Å². The van der Waals surface area contributed by atoms with Gasteiger partial charge in [-0.3, -0.25) is 0 Å². The van der Waals surface area contributed by atoms with Gasteiger partial charge in [0.05, 0.1) is 0 Å². The van der Waals surface area contributed by atoms with Crippen LogP contribution in [0, 0.1) is 0 Å². The normalized spacial score (nSPS) is 10.8. The standard InChI is InChI=1S/C19H16FP/c20-15-16-9-7-8-14-19(16)21(17-10-3-1-4-11-17)18-12-5-2-6-13-18/h1-14H,15H2. The summed E-state index contributed by atoms with van der Waals surface area (Å²) in [6.45, 7) is -0.422. The smallest absolute Gasteiger partial charge is 0.115 e. The van der Waals surface area contributed by atoms with Crippen molar-refractivity contribution in [1.29, 1.82) is 0 Å². The molecule has 0 saturated heterocycles. The molecule has 0 amide bonds. The molecule has 0 N–H and O–H groups in total. The van der Waals surface area contributed by atoms with Gasteiger partial charge in [0.2, 0.25) is 0 Å². The van der Waals surface area contributed by atoms with Gasteiger partial charge in [-0.1, -0.05) is 84.9 Å². The second-order valence-electron chi connectivity index (χ2n) is 4.77. The quantitative estimate of drug-likeness (QED) is 0.640. The molecule has 104 valence electrons. The van der Waals surface area contributed by atoms with Crippen LogP contribution in [-0.4, -0.2) is 0 Å². The molecule has 0 atom stereocenters. The minimum Gasteiger partial charge on any atom is -0.246 e. The predicted molar refractivity (Wildman–Crippen MR) is 90.0 cm³/mol. The summed E-state index contributed by atoms with van der Waals surface area (Å²) >= 11 is 0. The molecular weight excluding hydrogens is 278 g/mol. The van der Waals surface area contributed by atoms with Crippen LogP contribution in [-0.2, 0) is 6.67 Å². The van der Waals surface area contributed by atoms with Crippen LogP contribution in [0.5, 0.6) is 0 Å². The summed E-state index contributed by atoms with van der Waals surface area (Å²) in [5, 5.41) is 3.60. The first-order valence-electron chi connectivity index (χ1n) is 6.94. The van der Waals surface area contributed by atoms with Gasteiger partial charge in [0.25, 0.3) is 0 Å². The molecule has 0 fully saturated rings. The Morgan fingerprint density at radius 2 is 1.10 bits per heavy atom. The molecule has 0 heterocycles. The maximum absolute atomic E-state index is 13.4. The van der Waals surface area contributed by atoms with Gasteiger partial charge in [0.15, 0.2) is 0 Å². The first-order chi connectivity index (χ1) is 10.4. The van der Waals surface area contributed by atoms with Crippen LogP contribution in [0.25, 0.3) is 0 Å². The molecule has 0 nitrogen and oxygen atoms in total. The van der Waals surface area contributed by atoms with Crippen molar-refractivity contribution in [2.45, 2.75) is 6.67 Å². The van der Waals surface area contributed by atoms with Crippen LogP contribution in [0.4, 0.5) is 4.39 Å². The molecule has 21 heavy (non-hydrogen) atoms. The molecule has 3 aromatic carbocycles. The van der Waals surface area contributed by atoms with E-state index >= 15 is 0 Å². The molecule has 3 aromatic rings. The average molecular weight is 294 g/mol. The molecule has 0 aromatic heterocycles. The van der Waals surface area contributed by atoms with E-state index in [9.17, 15) is 4.39 Å². The van der Waals surface area contributed by atoms with E-state index in [4.69, 9.17) is 0 Å². The third kappa shape index (κ3) is 3.04. The monoisotopic (exact) mass is 294 g/mol. The van der Waals surface area contributed by atoms with E-state index in [-0.39, 0.29) is 0 Å². The molecule has 3 rings (SSSR count). The first kappa shape index (κ1) is 14.0. The summed E-state index contributed by atoms with van der Waals surface area (Å²) in [7, 11) is -0.713. The second kappa shape index (κ2) is 6.65. The van der Waals surface area contributed by atoms with E-state index in [0.717, 1.165) is 10.9 Å². The zero-order valence-corrected chi connectivity index (χ0v) is 12.5. The summed E-state index contributed by atoms with van der Waals surface area (Å²) < 4.78 is 13.4. The van der Waals surface area contributed by atoms with Crippen molar-refractivity contribution < 1.29 is 4.39 Å². The van der Waals surface area contributed by atoms with E-state index in [2.05, 4.69) is 30.3 Å². The van der Waals surface area contributed by atoms with Crippen LogP contribution in [0.15, 0.2) is 84.9 Å². The maximum Gasteiger partial charge on any atom is 0.115 e. The lowest BCUT2D eigenvalue weighted by Crippen LogP contribution is -2.22. The lowest BCUT2D eigenvalue weighted by atomic mass is 10.2. The molecule has 0 radical (unpaired) electrons. The Balaban J connectivity index is 2.17. The van der Waals surface area contributed by atoms with E-state index in [1.54, 1.807) is 0 Å². The fraction of sp³-hybridized carbons (Fsp3) is 0.0526. The Labute approximate surface area is 126 Å².